The van der Waals surface area contributed by atoms with Gasteiger partial charge in [0.15, 0.2) is 0 Å². The highest BCUT2D eigenvalue weighted by Crippen LogP contribution is 2.24. The summed E-state index contributed by atoms with van der Waals surface area (Å²) in [4.78, 5) is 0.323. The zero-order valence-electron chi connectivity index (χ0n) is 8.58. The second-order valence-electron chi connectivity index (χ2n) is 4.13. The lowest BCUT2D eigenvalue weighted by Crippen LogP contribution is -2.22. The Balaban J connectivity index is 2.87. The Morgan fingerprint density at radius 3 is 2.54 bits per heavy atom. The first-order valence-corrected chi connectivity index (χ1v) is 5.43. The first kappa shape index (κ1) is 10.7. The number of alkyl halides is 1. The summed E-state index contributed by atoms with van der Waals surface area (Å²) in [5, 5.41) is 8.21. The van der Waals surface area contributed by atoms with E-state index in [2.05, 4.69) is 53.9 Å². The van der Waals surface area contributed by atoms with Crippen LogP contribution in [0, 0.1) is 0 Å². The minimum atomic E-state index is 0.0196. The average Bonchev–Trinajstić information content (AvgIpc) is 2.50. The molecule has 1 atom stereocenters. The quantitative estimate of drug-likeness (QED) is 0.751. The smallest absolute Gasteiger partial charge is 0.0963 e. The van der Waals surface area contributed by atoms with Crippen molar-refractivity contribution in [1.82, 2.24) is 15.0 Å². The predicted octanol–water partition coefficient (Wildman–Crippen LogP) is 2.88. The number of halogens is 1. The van der Waals surface area contributed by atoms with E-state index >= 15 is 0 Å². The summed E-state index contributed by atoms with van der Waals surface area (Å²) in [6.45, 7) is 8.46. The number of hydrogen-bond donors (Lipinski definition) is 0. The molecule has 0 aliphatic rings. The molecule has 0 saturated carbocycles. The van der Waals surface area contributed by atoms with Gasteiger partial charge in [0.1, 0.15) is 0 Å². The minimum absolute atomic E-state index is 0.0196. The lowest BCUT2D eigenvalue weighted by molar-refractivity contribution is 0.347. The fourth-order valence-electron chi connectivity index (χ4n) is 0.957. The normalized spacial score (nSPS) is 14.5. The molecular formula is C9H16BrN3. The fourth-order valence-corrected chi connectivity index (χ4v) is 1.17. The van der Waals surface area contributed by atoms with Crippen LogP contribution in [0.5, 0.6) is 0 Å². The highest BCUT2D eigenvalue weighted by atomic mass is 79.9. The average molecular weight is 246 g/mol. The lowest BCUT2D eigenvalue weighted by Gasteiger charge is -2.17. The summed E-state index contributed by atoms with van der Waals surface area (Å²) in [6, 6.07) is 0. The van der Waals surface area contributed by atoms with Gasteiger partial charge in [-0.1, -0.05) is 28.1 Å². The van der Waals surface area contributed by atoms with Gasteiger partial charge in [-0.25, -0.2) is 4.68 Å². The Hall–Kier alpha value is -0.380. The molecule has 0 aliphatic carbocycles. The van der Waals surface area contributed by atoms with Crippen molar-refractivity contribution in [2.75, 3.05) is 0 Å². The van der Waals surface area contributed by atoms with Gasteiger partial charge in [-0.05, 0) is 27.2 Å². The van der Waals surface area contributed by atoms with Crippen molar-refractivity contribution in [3.63, 3.8) is 0 Å². The summed E-state index contributed by atoms with van der Waals surface area (Å²) in [5.74, 6) is 0. The maximum atomic E-state index is 4.12. The van der Waals surface area contributed by atoms with Gasteiger partial charge in [0, 0.05) is 0 Å². The van der Waals surface area contributed by atoms with Crippen LogP contribution in [0.2, 0.25) is 0 Å². The molecule has 1 unspecified atom stereocenters. The van der Waals surface area contributed by atoms with Crippen LogP contribution in [-0.2, 0) is 5.54 Å². The topological polar surface area (TPSA) is 30.7 Å². The molecule has 0 spiro atoms. The van der Waals surface area contributed by atoms with Gasteiger partial charge in [0.25, 0.3) is 0 Å². The van der Waals surface area contributed by atoms with Crippen LogP contribution in [0.15, 0.2) is 6.20 Å². The molecule has 0 amide bonds. The van der Waals surface area contributed by atoms with Crippen LogP contribution in [0.1, 0.15) is 44.6 Å². The molecule has 0 fully saturated rings. The third kappa shape index (κ3) is 2.53. The zero-order chi connectivity index (χ0) is 10.1. The molecule has 1 aromatic rings. The van der Waals surface area contributed by atoms with Crippen LogP contribution in [0.4, 0.5) is 0 Å². The van der Waals surface area contributed by atoms with Crippen LogP contribution in [-0.4, -0.2) is 15.0 Å². The molecule has 4 heteroatoms. The number of hydrogen-bond acceptors (Lipinski definition) is 2. The van der Waals surface area contributed by atoms with Crippen molar-refractivity contribution in [2.24, 2.45) is 0 Å². The van der Waals surface area contributed by atoms with Gasteiger partial charge in [-0.3, -0.25) is 0 Å². The molecule has 0 aromatic carbocycles. The van der Waals surface area contributed by atoms with E-state index < -0.39 is 0 Å². The second-order valence-corrected chi connectivity index (χ2v) is 5.24. The summed E-state index contributed by atoms with van der Waals surface area (Å²) in [5.41, 5.74) is 1.03. The van der Waals surface area contributed by atoms with Crippen molar-refractivity contribution >= 4 is 15.9 Å². The third-order valence-electron chi connectivity index (χ3n) is 1.88. The van der Waals surface area contributed by atoms with Crippen molar-refractivity contribution in [1.29, 1.82) is 0 Å². The molecule has 0 saturated heterocycles. The molecule has 0 radical (unpaired) electrons. The lowest BCUT2D eigenvalue weighted by atomic mass is 10.1. The van der Waals surface area contributed by atoms with Crippen molar-refractivity contribution in [3.8, 4) is 0 Å². The molecule has 13 heavy (non-hydrogen) atoms. The molecular weight excluding hydrogens is 230 g/mol. The minimum Gasteiger partial charge on any atom is -0.247 e. The molecule has 1 heterocycles. The van der Waals surface area contributed by atoms with E-state index in [4.69, 9.17) is 0 Å². The van der Waals surface area contributed by atoms with E-state index in [1.807, 2.05) is 10.9 Å². The standard InChI is InChI=1S/C9H16BrN3/c1-5-7(10)8-6-13(12-11-8)9(2,3)4/h6-7H,5H2,1-4H3. The fraction of sp³-hybridized carbons (Fsp3) is 0.778. The molecule has 3 nitrogen and oxygen atoms in total. The number of aromatic nitrogens is 3. The molecule has 74 valence electrons. The van der Waals surface area contributed by atoms with Gasteiger partial charge >= 0.3 is 0 Å². The number of rotatable bonds is 2. The van der Waals surface area contributed by atoms with Gasteiger partial charge in [0.05, 0.1) is 22.3 Å². The van der Waals surface area contributed by atoms with E-state index in [1.165, 1.54) is 0 Å². The Morgan fingerprint density at radius 2 is 2.15 bits per heavy atom. The molecule has 0 bridgehead atoms. The first-order chi connectivity index (χ1) is 5.95. The zero-order valence-corrected chi connectivity index (χ0v) is 10.2. The molecule has 1 aromatic heterocycles. The Labute approximate surface area is 87.6 Å². The van der Waals surface area contributed by atoms with Crippen LogP contribution in [0.3, 0.4) is 0 Å². The largest absolute Gasteiger partial charge is 0.247 e. The maximum absolute atomic E-state index is 4.12. The van der Waals surface area contributed by atoms with E-state index in [1.54, 1.807) is 0 Å². The molecule has 0 N–H and O–H groups in total. The Bertz CT molecular complexity index is 275. The predicted molar refractivity (Wildman–Crippen MR) is 57.0 cm³/mol. The molecule has 1 rings (SSSR count). The van der Waals surface area contributed by atoms with E-state index in [-0.39, 0.29) is 5.54 Å². The van der Waals surface area contributed by atoms with Crippen molar-refractivity contribution in [2.45, 2.75) is 44.5 Å². The van der Waals surface area contributed by atoms with Crippen LogP contribution < -0.4 is 0 Å². The van der Waals surface area contributed by atoms with Crippen LogP contribution in [0.25, 0.3) is 0 Å². The van der Waals surface area contributed by atoms with Crippen molar-refractivity contribution < 1.29 is 0 Å². The Morgan fingerprint density at radius 1 is 1.54 bits per heavy atom. The summed E-state index contributed by atoms with van der Waals surface area (Å²) >= 11 is 3.55. The molecule has 0 aliphatic heterocycles. The maximum Gasteiger partial charge on any atom is 0.0963 e. The third-order valence-corrected chi connectivity index (χ3v) is 2.99. The second kappa shape index (κ2) is 3.78. The first-order valence-electron chi connectivity index (χ1n) is 4.52. The van der Waals surface area contributed by atoms with E-state index in [0.717, 1.165) is 12.1 Å². The van der Waals surface area contributed by atoms with Gasteiger partial charge in [-0.2, -0.15) is 0 Å². The van der Waals surface area contributed by atoms with Crippen molar-refractivity contribution in [3.05, 3.63) is 11.9 Å². The van der Waals surface area contributed by atoms with Gasteiger partial charge < -0.3 is 0 Å². The highest BCUT2D eigenvalue weighted by Gasteiger charge is 2.17. The summed E-state index contributed by atoms with van der Waals surface area (Å²) < 4.78 is 1.90. The van der Waals surface area contributed by atoms with Gasteiger partial charge in [0.2, 0.25) is 0 Å². The van der Waals surface area contributed by atoms with E-state index in [9.17, 15) is 0 Å². The highest BCUT2D eigenvalue weighted by molar-refractivity contribution is 9.09. The summed E-state index contributed by atoms with van der Waals surface area (Å²) in [6.07, 6.45) is 3.03. The summed E-state index contributed by atoms with van der Waals surface area (Å²) in [7, 11) is 0. The SMILES string of the molecule is CCC(Br)c1cn(C(C)(C)C)nn1. The Kier molecular flexibility index (Phi) is 3.11. The van der Waals surface area contributed by atoms with Crippen LogP contribution >= 0.6 is 15.9 Å². The van der Waals surface area contributed by atoms with Gasteiger partial charge in [-0.15, -0.1) is 5.10 Å². The van der Waals surface area contributed by atoms with E-state index in [0.29, 0.717) is 4.83 Å². The monoisotopic (exact) mass is 245 g/mol. The number of nitrogens with zero attached hydrogens (tertiary/aromatic N) is 3.